The van der Waals surface area contributed by atoms with Gasteiger partial charge in [-0.3, -0.25) is 4.68 Å². The number of likely N-dealkylation sites (N-methyl/N-ethyl adjacent to an activating group) is 1. The summed E-state index contributed by atoms with van der Waals surface area (Å²) in [4.78, 5) is 2.41. The van der Waals surface area contributed by atoms with Gasteiger partial charge >= 0.3 is 0 Å². The van der Waals surface area contributed by atoms with Gasteiger partial charge in [-0.1, -0.05) is 6.92 Å². The van der Waals surface area contributed by atoms with E-state index in [2.05, 4.69) is 29.3 Å². The highest BCUT2D eigenvalue weighted by Crippen LogP contribution is 2.24. The van der Waals surface area contributed by atoms with E-state index in [1.165, 1.54) is 19.5 Å². The van der Waals surface area contributed by atoms with Gasteiger partial charge in [0.2, 0.25) is 0 Å². The number of aromatic nitrogens is 2. The van der Waals surface area contributed by atoms with Gasteiger partial charge in [-0.15, -0.1) is 12.4 Å². The fraction of sp³-hybridized carbons (Fsp3) is 0.750. The third kappa shape index (κ3) is 4.30. The lowest BCUT2D eigenvalue weighted by Crippen LogP contribution is -2.36. The molecule has 0 spiro atoms. The molecule has 0 radical (unpaired) electrons. The van der Waals surface area contributed by atoms with Crippen molar-refractivity contribution in [3.05, 3.63) is 18.5 Å². The van der Waals surface area contributed by atoms with E-state index in [1.807, 2.05) is 23.1 Å². The summed E-state index contributed by atoms with van der Waals surface area (Å²) >= 11 is 0. The summed E-state index contributed by atoms with van der Waals surface area (Å²) in [5.74, 6) is 0. The second-order valence-corrected chi connectivity index (χ2v) is 5.24. The molecule has 2 heterocycles. The Bertz CT molecular complexity index is 306. The highest BCUT2D eigenvalue weighted by molar-refractivity contribution is 5.85. The molecule has 0 aromatic carbocycles. The number of halogens is 1. The van der Waals surface area contributed by atoms with Crippen molar-refractivity contribution in [1.29, 1.82) is 0 Å². The van der Waals surface area contributed by atoms with Crippen molar-refractivity contribution in [2.75, 3.05) is 33.2 Å². The van der Waals surface area contributed by atoms with Gasteiger partial charge < -0.3 is 10.2 Å². The first-order chi connectivity index (χ1) is 7.68. The van der Waals surface area contributed by atoms with E-state index in [9.17, 15) is 0 Å². The van der Waals surface area contributed by atoms with Gasteiger partial charge in [0.05, 0.1) is 6.54 Å². The maximum atomic E-state index is 4.21. The largest absolute Gasteiger partial charge is 0.316 e. The molecule has 4 nitrogen and oxygen atoms in total. The van der Waals surface area contributed by atoms with Gasteiger partial charge in [-0.25, -0.2) is 0 Å². The molecule has 1 atom stereocenters. The van der Waals surface area contributed by atoms with E-state index in [1.54, 1.807) is 0 Å². The van der Waals surface area contributed by atoms with Gasteiger partial charge in [0.15, 0.2) is 0 Å². The quantitative estimate of drug-likeness (QED) is 0.863. The summed E-state index contributed by atoms with van der Waals surface area (Å²) in [6, 6.07) is 1.97. The molecule has 1 unspecified atom stereocenters. The van der Waals surface area contributed by atoms with Crippen molar-refractivity contribution in [3.8, 4) is 0 Å². The Morgan fingerprint density at radius 3 is 2.94 bits per heavy atom. The minimum Gasteiger partial charge on any atom is -0.316 e. The predicted octanol–water partition coefficient (Wildman–Crippen LogP) is 1.24. The van der Waals surface area contributed by atoms with Crippen molar-refractivity contribution < 1.29 is 0 Å². The van der Waals surface area contributed by atoms with Crippen molar-refractivity contribution in [1.82, 2.24) is 20.0 Å². The molecule has 5 heteroatoms. The molecule has 1 aliphatic heterocycles. The lowest BCUT2D eigenvalue weighted by atomic mass is 9.89. The van der Waals surface area contributed by atoms with Crippen LogP contribution in [0.3, 0.4) is 0 Å². The Morgan fingerprint density at radius 1 is 1.53 bits per heavy atom. The highest BCUT2D eigenvalue weighted by atomic mass is 35.5. The topological polar surface area (TPSA) is 33.1 Å². The van der Waals surface area contributed by atoms with E-state index in [-0.39, 0.29) is 12.4 Å². The van der Waals surface area contributed by atoms with Crippen LogP contribution >= 0.6 is 12.4 Å². The summed E-state index contributed by atoms with van der Waals surface area (Å²) in [6.45, 7) is 7.91. The van der Waals surface area contributed by atoms with Crippen molar-refractivity contribution >= 4 is 12.4 Å². The van der Waals surface area contributed by atoms with Crippen molar-refractivity contribution in [2.24, 2.45) is 5.41 Å². The summed E-state index contributed by atoms with van der Waals surface area (Å²) in [5, 5.41) is 7.66. The van der Waals surface area contributed by atoms with Crippen LogP contribution < -0.4 is 5.32 Å². The van der Waals surface area contributed by atoms with Gasteiger partial charge in [-0.2, -0.15) is 5.10 Å². The monoisotopic (exact) mass is 258 g/mol. The van der Waals surface area contributed by atoms with E-state index in [0.29, 0.717) is 5.41 Å². The molecular formula is C12H23ClN4. The van der Waals surface area contributed by atoms with E-state index < -0.39 is 0 Å². The first-order valence-corrected chi connectivity index (χ1v) is 6.05. The van der Waals surface area contributed by atoms with Crippen LogP contribution in [0.1, 0.15) is 13.3 Å². The SMILES string of the molecule is CN(CCn1cccn1)CC1(C)CCNC1.Cl. The number of hydrogen-bond donors (Lipinski definition) is 1. The molecule has 0 saturated carbocycles. The molecule has 1 aromatic heterocycles. The van der Waals surface area contributed by atoms with Crippen LogP contribution in [0.15, 0.2) is 18.5 Å². The highest BCUT2D eigenvalue weighted by Gasteiger charge is 2.29. The van der Waals surface area contributed by atoms with E-state index >= 15 is 0 Å². The van der Waals surface area contributed by atoms with Crippen LogP contribution in [-0.4, -0.2) is 47.9 Å². The third-order valence-corrected chi connectivity index (χ3v) is 3.38. The number of rotatable bonds is 5. The zero-order valence-corrected chi connectivity index (χ0v) is 11.5. The van der Waals surface area contributed by atoms with Gasteiger partial charge in [0.25, 0.3) is 0 Å². The zero-order chi connectivity index (χ0) is 11.4. The molecule has 1 aliphatic rings. The smallest absolute Gasteiger partial charge is 0.0536 e. The van der Waals surface area contributed by atoms with Crippen LogP contribution in [0.5, 0.6) is 0 Å². The molecule has 0 bridgehead atoms. The average Bonchev–Trinajstić information content (AvgIpc) is 2.86. The molecule has 0 amide bonds. The molecule has 1 N–H and O–H groups in total. The Balaban J connectivity index is 0.00000144. The fourth-order valence-electron chi connectivity index (χ4n) is 2.44. The normalized spacial score (nSPS) is 23.9. The Labute approximate surface area is 110 Å². The van der Waals surface area contributed by atoms with Crippen LogP contribution in [0.25, 0.3) is 0 Å². The second kappa shape index (κ2) is 6.38. The first-order valence-electron chi connectivity index (χ1n) is 6.05. The third-order valence-electron chi connectivity index (χ3n) is 3.38. The molecule has 1 saturated heterocycles. The van der Waals surface area contributed by atoms with Crippen molar-refractivity contribution in [3.63, 3.8) is 0 Å². The Hall–Kier alpha value is -0.580. The molecule has 2 rings (SSSR count). The van der Waals surface area contributed by atoms with Crippen LogP contribution in [0, 0.1) is 5.41 Å². The maximum Gasteiger partial charge on any atom is 0.0536 e. The van der Waals surface area contributed by atoms with Gasteiger partial charge in [0.1, 0.15) is 0 Å². The van der Waals surface area contributed by atoms with Crippen LogP contribution in [0.2, 0.25) is 0 Å². The fourth-order valence-corrected chi connectivity index (χ4v) is 2.44. The minimum absolute atomic E-state index is 0. The molecular weight excluding hydrogens is 236 g/mol. The predicted molar refractivity (Wildman–Crippen MR) is 72.6 cm³/mol. The lowest BCUT2D eigenvalue weighted by molar-refractivity contribution is 0.202. The standard InChI is InChI=1S/C12H22N4.ClH/c1-12(4-6-13-10-12)11-15(2)8-9-16-7-3-5-14-16;/h3,5,7,13H,4,6,8-11H2,1-2H3;1H. The minimum atomic E-state index is 0. The Kier molecular flexibility index (Phi) is 5.43. The molecule has 1 aromatic rings. The van der Waals surface area contributed by atoms with Gasteiger partial charge in [0, 0.05) is 32.0 Å². The summed E-state index contributed by atoms with van der Waals surface area (Å²) < 4.78 is 1.99. The summed E-state index contributed by atoms with van der Waals surface area (Å²) in [5.41, 5.74) is 0.457. The van der Waals surface area contributed by atoms with Crippen molar-refractivity contribution in [2.45, 2.75) is 19.9 Å². The van der Waals surface area contributed by atoms with E-state index in [0.717, 1.165) is 19.6 Å². The average molecular weight is 259 g/mol. The summed E-state index contributed by atoms with van der Waals surface area (Å²) in [6.07, 6.45) is 5.15. The molecule has 1 fully saturated rings. The lowest BCUT2D eigenvalue weighted by Gasteiger charge is -2.29. The molecule has 0 aliphatic carbocycles. The molecule has 98 valence electrons. The Morgan fingerprint density at radius 2 is 2.35 bits per heavy atom. The van der Waals surface area contributed by atoms with E-state index in [4.69, 9.17) is 0 Å². The van der Waals surface area contributed by atoms with Gasteiger partial charge in [-0.05, 0) is 31.5 Å². The maximum absolute atomic E-state index is 4.21. The first kappa shape index (κ1) is 14.5. The zero-order valence-electron chi connectivity index (χ0n) is 10.7. The molecule has 17 heavy (non-hydrogen) atoms. The van der Waals surface area contributed by atoms with Crippen LogP contribution in [0.4, 0.5) is 0 Å². The number of nitrogens with one attached hydrogen (secondary N) is 1. The second-order valence-electron chi connectivity index (χ2n) is 5.24. The van der Waals surface area contributed by atoms with Crippen LogP contribution in [-0.2, 0) is 6.54 Å². The number of hydrogen-bond acceptors (Lipinski definition) is 3. The summed E-state index contributed by atoms with van der Waals surface area (Å²) in [7, 11) is 2.20. The number of nitrogens with zero attached hydrogens (tertiary/aromatic N) is 3.